The zero-order chi connectivity index (χ0) is 12.8. The van der Waals surface area contributed by atoms with Crippen LogP contribution in [0.1, 0.15) is 31.1 Å². The first-order valence-electron chi connectivity index (χ1n) is 6.97. The van der Waals surface area contributed by atoms with Crippen molar-refractivity contribution in [3.63, 3.8) is 0 Å². The van der Waals surface area contributed by atoms with Crippen LogP contribution in [-0.4, -0.2) is 37.7 Å². The molecule has 3 heteroatoms. The highest BCUT2D eigenvalue weighted by Gasteiger charge is 2.15. The molecule has 1 N–H and O–H groups in total. The van der Waals surface area contributed by atoms with Gasteiger partial charge in [0.25, 0.3) is 0 Å². The SMILES string of the molecule is CCN(CC)Cc1ccc(C2CNCCO2)cc1. The van der Waals surface area contributed by atoms with E-state index in [1.165, 1.54) is 11.1 Å². The van der Waals surface area contributed by atoms with Crippen LogP contribution in [0, 0.1) is 0 Å². The van der Waals surface area contributed by atoms with Gasteiger partial charge in [0.2, 0.25) is 0 Å². The zero-order valence-electron chi connectivity index (χ0n) is 11.5. The number of benzene rings is 1. The van der Waals surface area contributed by atoms with E-state index in [-0.39, 0.29) is 6.10 Å². The summed E-state index contributed by atoms with van der Waals surface area (Å²) in [5.41, 5.74) is 2.66. The Hall–Kier alpha value is -0.900. The van der Waals surface area contributed by atoms with E-state index in [0.717, 1.165) is 39.3 Å². The second-order valence-electron chi connectivity index (χ2n) is 4.77. The molecule has 0 aromatic heterocycles. The molecule has 0 bridgehead atoms. The standard InChI is InChI=1S/C15H24N2O/c1-3-17(4-2)12-13-5-7-14(8-6-13)15-11-16-9-10-18-15/h5-8,15-16H,3-4,9-12H2,1-2H3. The van der Waals surface area contributed by atoms with Crippen LogP contribution >= 0.6 is 0 Å². The smallest absolute Gasteiger partial charge is 0.0949 e. The third-order valence-corrected chi connectivity index (χ3v) is 3.58. The van der Waals surface area contributed by atoms with Crippen molar-refractivity contribution in [3.8, 4) is 0 Å². The van der Waals surface area contributed by atoms with E-state index in [1.807, 2.05) is 0 Å². The highest BCUT2D eigenvalue weighted by Crippen LogP contribution is 2.19. The van der Waals surface area contributed by atoms with Gasteiger partial charge in [-0.05, 0) is 24.2 Å². The Bertz CT molecular complexity index is 340. The topological polar surface area (TPSA) is 24.5 Å². The maximum absolute atomic E-state index is 5.75. The van der Waals surface area contributed by atoms with Crippen LogP contribution in [0.2, 0.25) is 0 Å². The number of rotatable bonds is 5. The molecule has 2 rings (SSSR count). The monoisotopic (exact) mass is 248 g/mol. The maximum atomic E-state index is 5.75. The lowest BCUT2D eigenvalue weighted by atomic mass is 10.1. The Balaban J connectivity index is 1.96. The van der Waals surface area contributed by atoms with Gasteiger partial charge in [0.15, 0.2) is 0 Å². The molecule has 0 saturated carbocycles. The third-order valence-electron chi connectivity index (χ3n) is 3.58. The van der Waals surface area contributed by atoms with Gasteiger partial charge in [-0.25, -0.2) is 0 Å². The van der Waals surface area contributed by atoms with E-state index in [0.29, 0.717) is 0 Å². The molecule has 0 spiro atoms. The molecule has 1 saturated heterocycles. The Labute approximate surface area is 110 Å². The molecule has 0 radical (unpaired) electrons. The molecule has 100 valence electrons. The number of nitrogens with zero attached hydrogens (tertiary/aromatic N) is 1. The van der Waals surface area contributed by atoms with Crippen LogP contribution in [0.25, 0.3) is 0 Å². The van der Waals surface area contributed by atoms with Crippen molar-refractivity contribution in [1.29, 1.82) is 0 Å². The highest BCUT2D eigenvalue weighted by atomic mass is 16.5. The molecule has 1 aromatic carbocycles. The van der Waals surface area contributed by atoms with Crippen LogP contribution in [0.4, 0.5) is 0 Å². The molecule has 0 aliphatic carbocycles. The Morgan fingerprint density at radius 1 is 1.22 bits per heavy atom. The average Bonchev–Trinajstić information content (AvgIpc) is 2.46. The summed E-state index contributed by atoms with van der Waals surface area (Å²) in [6.07, 6.45) is 0.223. The summed E-state index contributed by atoms with van der Waals surface area (Å²) < 4.78 is 5.75. The minimum atomic E-state index is 0.223. The van der Waals surface area contributed by atoms with E-state index in [9.17, 15) is 0 Å². The van der Waals surface area contributed by atoms with Gasteiger partial charge in [-0.1, -0.05) is 38.1 Å². The largest absolute Gasteiger partial charge is 0.371 e. The molecule has 0 amide bonds. The number of hydrogen-bond donors (Lipinski definition) is 1. The van der Waals surface area contributed by atoms with Crippen LogP contribution in [0.3, 0.4) is 0 Å². The van der Waals surface area contributed by atoms with Crippen LogP contribution < -0.4 is 5.32 Å². The van der Waals surface area contributed by atoms with Crippen molar-refractivity contribution in [2.75, 3.05) is 32.8 Å². The van der Waals surface area contributed by atoms with Crippen molar-refractivity contribution < 1.29 is 4.74 Å². The number of ether oxygens (including phenoxy) is 1. The minimum Gasteiger partial charge on any atom is -0.371 e. The van der Waals surface area contributed by atoms with E-state index in [2.05, 4.69) is 48.3 Å². The first-order chi connectivity index (χ1) is 8.83. The molecule has 1 fully saturated rings. The molecule has 3 nitrogen and oxygen atoms in total. The summed E-state index contributed by atoms with van der Waals surface area (Å²) in [4.78, 5) is 2.42. The number of morpholine rings is 1. The summed E-state index contributed by atoms with van der Waals surface area (Å²) in [6.45, 7) is 10.4. The van der Waals surface area contributed by atoms with Crippen molar-refractivity contribution in [2.45, 2.75) is 26.5 Å². The van der Waals surface area contributed by atoms with Crippen molar-refractivity contribution in [1.82, 2.24) is 10.2 Å². The highest BCUT2D eigenvalue weighted by molar-refractivity contribution is 5.24. The molecule has 18 heavy (non-hydrogen) atoms. The van der Waals surface area contributed by atoms with E-state index in [4.69, 9.17) is 4.74 Å². The first kappa shape index (κ1) is 13.5. The van der Waals surface area contributed by atoms with Gasteiger partial charge in [0.05, 0.1) is 12.7 Å². The molecule has 1 heterocycles. The third kappa shape index (κ3) is 3.55. The fourth-order valence-electron chi connectivity index (χ4n) is 2.32. The van der Waals surface area contributed by atoms with Crippen molar-refractivity contribution in [2.24, 2.45) is 0 Å². The van der Waals surface area contributed by atoms with E-state index < -0.39 is 0 Å². The lowest BCUT2D eigenvalue weighted by Crippen LogP contribution is -2.33. The van der Waals surface area contributed by atoms with Gasteiger partial charge in [-0.15, -0.1) is 0 Å². The summed E-state index contributed by atoms with van der Waals surface area (Å²) in [5.74, 6) is 0. The van der Waals surface area contributed by atoms with Gasteiger partial charge in [0.1, 0.15) is 0 Å². The van der Waals surface area contributed by atoms with Crippen molar-refractivity contribution in [3.05, 3.63) is 35.4 Å². The van der Waals surface area contributed by atoms with Gasteiger partial charge in [0, 0.05) is 19.6 Å². The van der Waals surface area contributed by atoms with Gasteiger partial charge in [-0.2, -0.15) is 0 Å². The number of nitrogens with one attached hydrogen (secondary N) is 1. The Morgan fingerprint density at radius 3 is 2.50 bits per heavy atom. The van der Waals surface area contributed by atoms with Gasteiger partial charge >= 0.3 is 0 Å². The molecular formula is C15H24N2O. The lowest BCUT2D eigenvalue weighted by molar-refractivity contribution is 0.0277. The van der Waals surface area contributed by atoms with Gasteiger partial charge in [-0.3, -0.25) is 4.90 Å². The van der Waals surface area contributed by atoms with Crippen molar-refractivity contribution >= 4 is 0 Å². The van der Waals surface area contributed by atoms with E-state index in [1.54, 1.807) is 0 Å². The average molecular weight is 248 g/mol. The molecule has 1 aliphatic heterocycles. The summed E-state index contributed by atoms with van der Waals surface area (Å²) in [7, 11) is 0. The van der Waals surface area contributed by atoms with Gasteiger partial charge < -0.3 is 10.1 Å². The van der Waals surface area contributed by atoms with E-state index >= 15 is 0 Å². The second-order valence-corrected chi connectivity index (χ2v) is 4.77. The Morgan fingerprint density at radius 2 is 1.94 bits per heavy atom. The first-order valence-corrected chi connectivity index (χ1v) is 6.97. The second kappa shape index (κ2) is 6.88. The summed E-state index contributed by atoms with van der Waals surface area (Å²) in [5, 5.41) is 3.37. The zero-order valence-corrected chi connectivity index (χ0v) is 11.5. The predicted octanol–water partition coefficient (Wildman–Crippen LogP) is 2.19. The summed E-state index contributed by atoms with van der Waals surface area (Å²) in [6, 6.07) is 8.87. The fourth-order valence-corrected chi connectivity index (χ4v) is 2.32. The van der Waals surface area contributed by atoms with Crippen LogP contribution in [0.5, 0.6) is 0 Å². The quantitative estimate of drug-likeness (QED) is 0.864. The summed E-state index contributed by atoms with van der Waals surface area (Å²) >= 11 is 0. The molecule has 1 aliphatic rings. The van der Waals surface area contributed by atoms with Crippen LogP contribution in [-0.2, 0) is 11.3 Å². The fraction of sp³-hybridized carbons (Fsp3) is 0.600. The van der Waals surface area contributed by atoms with Crippen LogP contribution in [0.15, 0.2) is 24.3 Å². The normalized spacial score (nSPS) is 20.3. The lowest BCUT2D eigenvalue weighted by Gasteiger charge is -2.24. The maximum Gasteiger partial charge on any atom is 0.0949 e. The number of hydrogen-bond acceptors (Lipinski definition) is 3. The molecular weight excluding hydrogens is 224 g/mol. The minimum absolute atomic E-state index is 0.223. The Kier molecular flexibility index (Phi) is 5.17. The predicted molar refractivity (Wildman–Crippen MR) is 74.6 cm³/mol. The molecule has 1 unspecified atom stereocenters. The molecule has 1 atom stereocenters. The molecule has 1 aromatic rings.